The fourth-order valence-corrected chi connectivity index (χ4v) is 3.66. The van der Waals surface area contributed by atoms with Gasteiger partial charge in [0.15, 0.2) is 5.75 Å². The number of fused-ring (bicyclic) bond motifs is 1. The number of likely N-dealkylation sites (tertiary alicyclic amines) is 1. The minimum absolute atomic E-state index is 0.0851. The molecule has 2 aromatic heterocycles. The quantitative estimate of drug-likeness (QED) is 0.812. The highest BCUT2D eigenvalue weighted by molar-refractivity contribution is 5.75. The highest BCUT2D eigenvalue weighted by Crippen LogP contribution is 2.30. The molecule has 0 bridgehead atoms. The summed E-state index contributed by atoms with van der Waals surface area (Å²) < 4.78 is 10.4. The van der Waals surface area contributed by atoms with Crippen LogP contribution in [0.2, 0.25) is 0 Å². The topological polar surface area (TPSA) is 101 Å². The van der Waals surface area contributed by atoms with Crippen LogP contribution >= 0.6 is 0 Å². The zero-order valence-electron chi connectivity index (χ0n) is 17.8. The van der Waals surface area contributed by atoms with Crippen LogP contribution in [-0.2, 0) is 17.8 Å². The lowest BCUT2D eigenvalue weighted by Crippen LogP contribution is -2.35. The van der Waals surface area contributed by atoms with E-state index in [0.717, 1.165) is 37.4 Å². The number of carbonyl (C=O) groups is 1. The van der Waals surface area contributed by atoms with Crippen molar-refractivity contribution in [3.63, 3.8) is 0 Å². The lowest BCUT2D eigenvalue weighted by Gasteiger charge is -2.29. The highest BCUT2D eigenvalue weighted by Gasteiger charge is 2.21. The monoisotopic (exact) mass is 415 g/mol. The first-order valence-electron chi connectivity index (χ1n) is 10.2. The summed E-state index contributed by atoms with van der Waals surface area (Å²) in [6.45, 7) is 5.19. The third-order valence-electron chi connectivity index (χ3n) is 5.35. The molecule has 0 aliphatic carbocycles. The van der Waals surface area contributed by atoms with Gasteiger partial charge in [-0.1, -0.05) is 6.92 Å². The van der Waals surface area contributed by atoms with Crippen LogP contribution in [-0.4, -0.2) is 59.6 Å². The van der Waals surface area contributed by atoms with Gasteiger partial charge in [0.05, 0.1) is 50.2 Å². The Hall–Kier alpha value is -3.10. The molecule has 0 radical (unpaired) electrons. The summed E-state index contributed by atoms with van der Waals surface area (Å²) in [5, 5.41) is 0. The maximum absolute atomic E-state index is 11.9. The molecule has 9 nitrogen and oxygen atoms in total. The minimum atomic E-state index is -0.0851. The third kappa shape index (κ3) is 4.90. The zero-order chi connectivity index (χ0) is 21.5. The Labute approximate surface area is 176 Å². The van der Waals surface area contributed by atoms with Crippen molar-refractivity contribution in [1.82, 2.24) is 19.9 Å². The first-order chi connectivity index (χ1) is 14.6. The van der Waals surface area contributed by atoms with E-state index in [-0.39, 0.29) is 5.56 Å². The van der Waals surface area contributed by atoms with Gasteiger partial charge in [0.2, 0.25) is 5.91 Å². The van der Waals surface area contributed by atoms with Crippen LogP contribution in [0.3, 0.4) is 0 Å². The molecule has 1 amide bonds. The summed E-state index contributed by atoms with van der Waals surface area (Å²) in [5.41, 5.74) is 2.38. The zero-order valence-corrected chi connectivity index (χ0v) is 17.8. The number of methoxy groups -OCH3 is 2. The second kappa shape index (κ2) is 10.1. The van der Waals surface area contributed by atoms with Gasteiger partial charge in [-0.05, 0) is 12.8 Å². The SMILES string of the molecule is CCC(=O)N1CCCC1.COc1cc(N2CCc3nc[nH]c(=O)c3C2)cnc1OC. The lowest BCUT2D eigenvalue weighted by molar-refractivity contribution is -0.129. The van der Waals surface area contributed by atoms with Crippen LogP contribution in [0.4, 0.5) is 5.69 Å². The second-order valence-electron chi connectivity index (χ2n) is 7.17. The van der Waals surface area contributed by atoms with Gasteiger partial charge in [-0.2, -0.15) is 0 Å². The average molecular weight is 415 g/mol. The molecule has 1 fully saturated rings. The van der Waals surface area contributed by atoms with Crippen LogP contribution in [0, 0.1) is 0 Å². The highest BCUT2D eigenvalue weighted by atomic mass is 16.5. The van der Waals surface area contributed by atoms with Crippen molar-refractivity contribution >= 4 is 11.6 Å². The van der Waals surface area contributed by atoms with E-state index >= 15 is 0 Å². The number of amides is 1. The molecule has 0 spiro atoms. The number of anilines is 1. The summed E-state index contributed by atoms with van der Waals surface area (Å²) in [4.78, 5) is 37.9. The van der Waals surface area contributed by atoms with Crippen LogP contribution in [0.5, 0.6) is 11.6 Å². The first kappa shape index (κ1) is 21.6. The van der Waals surface area contributed by atoms with Gasteiger partial charge in [0.25, 0.3) is 11.4 Å². The number of ether oxygens (including phenoxy) is 2. The molecule has 2 aromatic rings. The van der Waals surface area contributed by atoms with E-state index in [2.05, 4.69) is 19.9 Å². The maximum Gasteiger partial charge on any atom is 0.256 e. The van der Waals surface area contributed by atoms with Crippen molar-refractivity contribution in [2.75, 3.05) is 38.8 Å². The van der Waals surface area contributed by atoms with Crippen molar-refractivity contribution in [2.24, 2.45) is 0 Å². The molecule has 9 heteroatoms. The summed E-state index contributed by atoms with van der Waals surface area (Å²) >= 11 is 0. The van der Waals surface area contributed by atoms with Crippen molar-refractivity contribution in [3.05, 3.63) is 40.2 Å². The number of nitrogens with one attached hydrogen (secondary N) is 1. The van der Waals surface area contributed by atoms with Gasteiger partial charge < -0.3 is 24.3 Å². The third-order valence-corrected chi connectivity index (χ3v) is 5.35. The number of pyridine rings is 1. The minimum Gasteiger partial charge on any atom is -0.491 e. The number of hydrogen-bond acceptors (Lipinski definition) is 7. The molecule has 2 aliphatic rings. The number of aromatic amines is 1. The molecule has 1 saturated heterocycles. The van der Waals surface area contributed by atoms with Gasteiger partial charge >= 0.3 is 0 Å². The normalized spacial score (nSPS) is 15.2. The van der Waals surface area contributed by atoms with Crippen molar-refractivity contribution in [2.45, 2.75) is 39.2 Å². The largest absolute Gasteiger partial charge is 0.491 e. The van der Waals surface area contributed by atoms with Crippen LogP contribution in [0.25, 0.3) is 0 Å². The molecular weight excluding hydrogens is 386 g/mol. The summed E-state index contributed by atoms with van der Waals surface area (Å²) in [7, 11) is 3.12. The number of rotatable bonds is 4. The number of hydrogen-bond donors (Lipinski definition) is 1. The van der Waals surface area contributed by atoms with Gasteiger partial charge in [-0.15, -0.1) is 0 Å². The molecule has 2 aliphatic heterocycles. The van der Waals surface area contributed by atoms with E-state index < -0.39 is 0 Å². The van der Waals surface area contributed by atoms with Gasteiger partial charge in [-0.3, -0.25) is 9.59 Å². The van der Waals surface area contributed by atoms with Gasteiger partial charge in [0, 0.05) is 38.5 Å². The number of carbonyl (C=O) groups excluding carboxylic acids is 1. The molecular formula is C21H29N5O4. The molecule has 0 saturated carbocycles. The van der Waals surface area contributed by atoms with Crippen molar-refractivity contribution < 1.29 is 14.3 Å². The Bertz CT molecular complexity index is 924. The van der Waals surface area contributed by atoms with Crippen LogP contribution in [0.1, 0.15) is 37.4 Å². The van der Waals surface area contributed by atoms with Crippen LogP contribution in [0.15, 0.2) is 23.4 Å². The maximum atomic E-state index is 11.9. The summed E-state index contributed by atoms with van der Waals surface area (Å²) in [5.74, 6) is 1.33. The molecule has 0 atom stereocenters. The predicted octanol–water partition coefficient (Wildman–Crippen LogP) is 1.76. The molecule has 0 aromatic carbocycles. The standard InChI is InChI=1S/C14H16N4O3.C7H13NO/c1-20-12-5-9(6-15-14(12)21-2)18-4-3-11-10(7-18)13(19)17-8-16-11;1-2-7(9)8-5-3-4-6-8/h5-6,8H,3-4,7H2,1-2H3,(H,16,17,19);2-6H2,1H3. The Morgan fingerprint density at radius 3 is 2.60 bits per heavy atom. The van der Waals surface area contributed by atoms with Crippen molar-refractivity contribution in [3.8, 4) is 11.6 Å². The second-order valence-corrected chi connectivity index (χ2v) is 7.17. The van der Waals surface area contributed by atoms with E-state index in [4.69, 9.17) is 9.47 Å². The number of H-pyrrole nitrogens is 1. The van der Waals surface area contributed by atoms with E-state index in [1.54, 1.807) is 20.4 Å². The van der Waals surface area contributed by atoms with E-state index in [9.17, 15) is 9.59 Å². The predicted molar refractivity (Wildman–Crippen MR) is 113 cm³/mol. The lowest BCUT2D eigenvalue weighted by atomic mass is 10.1. The van der Waals surface area contributed by atoms with Gasteiger partial charge in [-0.25, -0.2) is 9.97 Å². The molecule has 0 unspecified atom stereocenters. The summed E-state index contributed by atoms with van der Waals surface area (Å²) in [6.07, 6.45) is 6.97. The van der Waals surface area contributed by atoms with E-state index in [1.807, 2.05) is 17.9 Å². The van der Waals surface area contributed by atoms with E-state index in [0.29, 0.717) is 36.1 Å². The van der Waals surface area contributed by atoms with Gasteiger partial charge in [0.1, 0.15) is 0 Å². The average Bonchev–Trinajstić information content (AvgIpc) is 3.33. The fraction of sp³-hybridized carbons (Fsp3) is 0.524. The number of aromatic nitrogens is 3. The smallest absolute Gasteiger partial charge is 0.256 e. The molecule has 1 N–H and O–H groups in total. The van der Waals surface area contributed by atoms with Crippen LogP contribution < -0.4 is 19.9 Å². The Kier molecular flexibility index (Phi) is 7.26. The van der Waals surface area contributed by atoms with E-state index in [1.165, 1.54) is 19.2 Å². The summed E-state index contributed by atoms with van der Waals surface area (Å²) in [6, 6.07) is 1.86. The first-order valence-corrected chi connectivity index (χ1v) is 10.2. The molecule has 162 valence electrons. The molecule has 4 heterocycles. The Balaban J connectivity index is 0.000000239. The fourth-order valence-electron chi connectivity index (χ4n) is 3.66. The molecule has 30 heavy (non-hydrogen) atoms. The van der Waals surface area contributed by atoms with Crippen molar-refractivity contribution in [1.29, 1.82) is 0 Å². The molecule has 4 rings (SSSR count). The Morgan fingerprint density at radius 1 is 1.17 bits per heavy atom. The number of nitrogens with zero attached hydrogens (tertiary/aromatic N) is 4. The Morgan fingerprint density at radius 2 is 1.93 bits per heavy atom.